The molecule has 2 aromatic carbocycles. The van der Waals surface area contributed by atoms with Crippen LogP contribution in [0.2, 0.25) is 0 Å². The Bertz CT molecular complexity index is 1260. The highest BCUT2D eigenvalue weighted by Gasteiger charge is 2.28. The third kappa shape index (κ3) is 4.66. The average molecular weight is 453 g/mol. The molecular weight excluding hydrogens is 428 g/mol. The molecule has 166 valence electrons. The fraction of sp³-hybridized carbons (Fsp3) is 0.250. The first-order chi connectivity index (χ1) is 15.3. The highest BCUT2D eigenvalue weighted by molar-refractivity contribution is 7.89. The molecule has 4 rings (SSSR count). The number of rotatable bonds is 8. The molecule has 0 atom stereocenters. The van der Waals surface area contributed by atoms with E-state index in [0.717, 1.165) is 29.9 Å². The molecule has 1 fully saturated rings. The van der Waals surface area contributed by atoms with Crippen LogP contribution in [0.1, 0.15) is 44.9 Å². The molecule has 1 heterocycles. The van der Waals surface area contributed by atoms with Crippen molar-refractivity contribution in [1.82, 2.24) is 9.29 Å². The molecule has 8 heteroatoms. The Morgan fingerprint density at radius 1 is 1.03 bits per heavy atom. The van der Waals surface area contributed by atoms with Gasteiger partial charge in [0.2, 0.25) is 15.8 Å². The molecule has 1 saturated carbocycles. The van der Waals surface area contributed by atoms with Crippen molar-refractivity contribution in [3.63, 3.8) is 0 Å². The molecule has 3 aromatic rings. The molecule has 0 saturated heterocycles. The molecule has 7 nitrogen and oxygen atoms in total. The van der Waals surface area contributed by atoms with Crippen LogP contribution in [0.3, 0.4) is 0 Å². The molecule has 0 radical (unpaired) electrons. The Labute approximate surface area is 187 Å². The summed E-state index contributed by atoms with van der Waals surface area (Å²) in [5.74, 6) is -0.990. The number of aromatic nitrogens is 1. The number of hydrogen-bond donors (Lipinski definition) is 1. The van der Waals surface area contributed by atoms with E-state index >= 15 is 0 Å². The lowest BCUT2D eigenvalue weighted by Gasteiger charge is -2.10. The molecule has 32 heavy (non-hydrogen) atoms. The SMILES string of the molecule is Cc1cc(C(=O)COC(=O)c2ccc(S(=O)(=O)NC3CC3)cc2)c(C)n1-c1ccccc1. The van der Waals surface area contributed by atoms with Gasteiger partial charge in [-0.2, -0.15) is 0 Å². The lowest BCUT2D eigenvalue weighted by atomic mass is 10.1. The summed E-state index contributed by atoms with van der Waals surface area (Å²) in [6.07, 6.45) is 1.68. The Hall–Kier alpha value is -3.23. The first kappa shape index (κ1) is 22.0. The second-order valence-electron chi connectivity index (χ2n) is 7.88. The Balaban J connectivity index is 1.42. The van der Waals surface area contributed by atoms with E-state index in [1.54, 1.807) is 6.07 Å². The summed E-state index contributed by atoms with van der Waals surface area (Å²) in [7, 11) is -3.59. The van der Waals surface area contributed by atoms with Crippen molar-refractivity contribution < 1.29 is 22.7 Å². The normalized spacial score (nSPS) is 13.7. The Morgan fingerprint density at radius 3 is 2.31 bits per heavy atom. The van der Waals surface area contributed by atoms with Crippen molar-refractivity contribution in [1.29, 1.82) is 0 Å². The summed E-state index contributed by atoms with van der Waals surface area (Å²) in [5, 5.41) is 0. The van der Waals surface area contributed by atoms with Gasteiger partial charge in [0.15, 0.2) is 6.61 Å². The van der Waals surface area contributed by atoms with E-state index in [-0.39, 0.29) is 22.3 Å². The zero-order valence-corrected chi connectivity index (χ0v) is 18.7. The van der Waals surface area contributed by atoms with Crippen LogP contribution in [0.15, 0.2) is 65.6 Å². The minimum Gasteiger partial charge on any atom is -0.454 e. The van der Waals surface area contributed by atoms with Gasteiger partial charge in [-0.3, -0.25) is 4.79 Å². The summed E-state index contributed by atoms with van der Waals surface area (Å²) >= 11 is 0. The molecule has 0 aliphatic heterocycles. The molecule has 1 aliphatic rings. The van der Waals surface area contributed by atoms with Gasteiger partial charge in [-0.15, -0.1) is 0 Å². The standard InChI is InChI=1S/C24H24N2O5S/c1-16-14-22(17(2)26(16)20-6-4-3-5-7-20)23(27)15-31-24(28)18-8-12-21(13-9-18)32(29,30)25-19-10-11-19/h3-9,12-14,19,25H,10-11,15H2,1-2H3. The molecule has 0 amide bonds. The smallest absolute Gasteiger partial charge is 0.338 e. The van der Waals surface area contributed by atoms with E-state index in [1.807, 2.05) is 48.7 Å². The average Bonchev–Trinajstić information content (AvgIpc) is 3.54. The van der Waals surface area contributed by atoms with Crippen LogP contribution in [-0.4, -0.2) is 37.4 Å². The second-order valence-corrected chi connectivity index (χ2v) is 9.59. The minimum atomic E-state index is -3.59. The summed E-state index contributed by atoms with van der Waals surface area (Å²) in [6, 6.07) is 17.0. The zero-order chi connectivity index (χ0) is 22.9. The number of sulfonamides is 1. The lowest BCUT2D eigenvalue weighted by molar-refractivity contribution is 0.0474. The number of ether oxygens (including phenoxy) is 1. The van der Waals surface area contributed by atoms with Gasteiger partial charge in [-0.1, -0.05) is 18.2 Å². The number of para-hydroxylation sites is 1. The highest BCUT2D eigenvalue weighted by atomic mass is 32.2. The fourth-order valence-electron chi connectivity index (χ4n) is 3.57. The summed E-state index contributed by atoms with van der Waals surface area (Å²) in [6.45, 7) is 3.36. The van der Waals surface area contributed by atoms with Gasteiger partial charge in [0.05, 0.1) is 10.5 Å². The molecule has 0 spiro atoms. The summed E-state index contributed by atoms with van der Waals surface area (Å²) < 4.78 is 34.2. The van der Waals surface area contributed by atoms with Gasteiger partial charge in [0.1, 0.15) is 0 Å². The number of hydrogen-bond acceptors (Lipinski definition) is 5. The van der Waals surface area contributed by atoms with Crippen molar-refractivity contribution in [3.8, 4) is 5.69 Å². The third-order valence-electron chi connectivity index (χ3n) is 5.38. The maximum Gasteiger partial charge on any atom is 0.338 e. The van der Waals surface area contributed by atoms with Crippen LogP contribution in [0.4, 0.5) is 0 Å². The second kappa shape index (κ2) is 8.72. The molecule has 1 aliphatic carbocycles. The zero-order valence-electron chi connectivity index (χ0n) is 17.9. The van der Waals surface area contributed by atoms with Crippen molar-refractivity contribution in [2.75, 3.05) is 6.61 Å². The van der Waals surface area contributed by atoms with Crippen LogP contribution in [0.25, 0.3) is 5.69 Å². The van der Waals surface area contributed by atoms with Crippen molar-refractivity contribution >= 4 is 21.8 Å². The monoisotopic (exact) mass is 452 g/mol. The third-order valence-corrected chi connectivity index (χ3v) is 6.92. The minimum absolute atomic E-state index is 0.000459. The maximum atomic E-state index is 12.7. The molecule has 0 bridgehead atoms. The summed E-state index contributed by atoms with van der Waals surface area (Å²) in [5.41, 5.74) is 3.29. The number of Topliss-reactive ketones (excluding diaryl/α,β-unsaturated/α-hetero) is 1. The first-order valence-corrected chi connectivity index (χ1v) is 11.8. The van der Waals surface area contributed by atoms with Gasteiger partial charge < -0.3 is 9.30 Å². The van der Waals surface area contributed by atoms with E-state index in [2.05, 4.69) is 4.72 Å². The number of aryl methyl sites for hydroxylation is 1. The number of carbonyl (C=O) groups is 2. The number of nitrogens with one attached hydrogen (secondary N) is 1. The van der Waals surface area contributed by atoms with Gasteiger partial charge >= 0.3 is 5.97 Å². The maximum absolute atomic E-state index is 12.7. The Kier molecular flexibility index (Phi) is 5.99. The number of ketones is 1. The lowest BCUT2D eigenvalue weighted by Crippen LogP contribution is -2.25. The van der Waals surface area contributed by atoms with Crippen molar-refractivity contribution in [2.24, 2.45) is 0 Å². The number of carbonyl (C=O) groups excluding carboxylic acids is 2. The largest absolute Gasteiger partial charge is 0.454 e. The molecular formula is C24H24N2O5S. The quantitative estimate of drug-likeness (QED) is 0.416. The number of esters is 1. The van der Waals surface area contributed by atoms with Crippen molar-refractivity contribution in [2.45, 2.75) is 37.6 Å². The predicted molar refractivity (Wildman–Crippen MR) is 120 cm³/mol. The van der Waals surface area contributed by atoms with Crippen LogP contribution < -0.4 is 4.72 Å². The molecule has 0 unspecified atom stereocenters. The molecule has 1 N–H and O–H groups in total. The summed E-state index contributed by atoms with van der Waals surface area (Å²) in [4.78, 5) is 25.2. The van der Waals surface area contributed by atoms with Crippen LogP contribution in [0.5, 0.6) is 0 Å². The number of nitrogens with zero attached hydrogens (tertiary/aromatic N) is 1. The topological polar surface area (TPSA) is 94.5 Å². The molecule has 1 aromatic heterocycles. The predicted octanol–water partition coefficient (Wildman–Crippen LogP) is 3.57. The van der Waals surface area contributed by atoms with E-state index < -0.39 is 22.6 Å². The van der Waals surface area contributed by atoms with E-state index in [1.165, 1.54) is 24.3 Å². The van der Waals surface area contributed by atoms with Crippen LogP contribution in [0, 0.1) is 13.8 Å². The first-order valence-electron chi connectivity index (χ1n) is 10.3. The fourth-order valence-corrected chi connectivity index (χ4v) is 4.88. The van der Waals surface area contributed by atoms with E-state index in [0.29, 0.717) is 5.56 Å². The van der Waals surface area contributed by atoms with E-state index in [4.69, 9.17) is 4.74 Å². The Morgan fingerprint density at radius 2 is 1.69 bits per heavy atom. The van der Waals surface area contributed by atoms with Gasteiger partial charge in [0.25, 0.3) is 0 Å². The van der Waals surface area contributed by atoms with E-state index in [9.17, 15) is 18.0 Å². The van der Waals surface area contributed by atoms with Gasteiger partial charge in [0, 0.05) is 28.7 Å². The highest BCUT2D eigenvalue weighted by Crippen LogP contribution is 2.23. The van der Waals surface area contributed by atoms with Gasteiger partial charge in [-0.05, 0) is 69.2 Å². The van der Waals surface area contributed by atoms with Crippen LogP contribution in [-0.2, 0) is 14.8 Å². The van der Waals surface area contributed by atoms with Crippen molar-refractivity contribution in [3.05, 3.63) is 83.2 Å². The van der Waals surface area contributed by atoms with Gasteiger partial charge in [-0.25, -0.2) is 17.9 Å². The van der Waals surface area contributed by atoms with Crippen LogP contribution >= 0.6 is 0 Å². The number of benzene rings is 2.